The highest BCUT2D eigenvalue weighted by Crippen LogP contribution is 2.28. The van der Waals surface area contributed by atoms with Crippen molar-refractivity contribution in [2.24, 2.45) is 0 Å². The van der Waals surface area contributed by atoms with Gasteiger partial charge in [-0.15, -0.1) is 10.2 Å². The lowest BCUT2D eigenvalue weighted by molar-refractivity contribution is -0.129. The summed E-state index contributed by atoms with van der Waals surface area (Å²) in [6.45, 7) is 2.69. The van der Waals surface area contributed by atoms with Crippen LogP contribution in [0.1, 0.15) is 17.3 Å². The van der Waals surface area contributed by atoms with Gasteiger partial charge in [-0.1, -0.05) is 11.3 Å². The minimum atomic E-state index is -3.69. The summed E-state index contributed by atoms with van der Waals surface area (Å²) in [4.78, 5) is 25.7. The molecular weight excluding hydrogens is 458 g/mol. The molecule has 3 heterocycles. The molecule has 1 saturated heterocycles. The summed E-state index contributed by atoms with van der Waals surface area (Å²) in [6.07, 6.45) is 0. The first-order valence-electron chi connectivity index (χ1n) is 9.38. The van der Waals surface area contributed by atoms with Gasteiger partial charge < -0.3 is 4.90 Å². The summed E-state index contributed by atoms with van der Waals surface area (Å²) in [5, 5.41) is 15.7. The van der Waals surface area contributed by atoms with Crippen LogP contribution < -0.4 is 5.32 Å². The number of benzene rings is 1. The smallest absolute Gasteiger partial charge is 0.257 e. The molecule has 1 fully saturated rings. The van der Waals surface area contributed by atoms with Crippen LogP contribution in [0.25, 0.3) is 10.6 Å². The average Bonchev–Trinajstić information content (AvgIpc) is 3.46. The number of rotatable bonds is 5. The molecule has 0 radical (unpaired) electrons. The van der Waals surface area contributed by atoms with Gasteiger partial charge in [0.25, 0.3) is 5.91 Å². The maximum atomic E-state index is 12.9. The number of anilines is 1. The summed E-state index contributed by atoms with van der Waals surface area (Å²) in [7, 11) is -3.69. The van der Waals surface area contributed by atoms with Gasteiger partial charge in [0.2, 0.25) is 21.1 Å². The molecule has 1 aliphatic heterocycles. The first-order valence-corrected chi connectivity index (χ1v) is 12.6. The fourth-order valence-corrected chi connectivity index (χ4v) is 5.99. The van der Waals surface area contributed by atoms with E-state index in [9.17, 15) is 18.0 Å². The third kappa shape index (κ3) is 4.66. The molecule has 4 rings (SSSR count). The number of nitrogens with zero attached hydrogens (tertiary/aromatic N) is 4. The summed E-state index contributed by atoms with van der Waals surface area (Å²) in [5.41, 5.74) is 1.26. The Hall–Kier alpha value is -2.67. The van der Waals surface area contributed by atoms with Crippen molar-refractivity contribution in [1.29, 1.82) is 0 Å². The zero-order valence-electron chi connectivity index (χ0n) is 16.5. The molecule has 0 unspecified atom stereocenters. The van der Waals surface area contributed by atoms with E-state index in [1.807, 2.05) is 16.8 Å². The van der Waals surface area contributed by atoms with Gasteiger partial charge in [0, 0.05) is 49.6 Å². The zero-order valence-corrected chi connectivity index (χ0v) is 19.0. The van der Waals surface area contributed by atoms with Crippen LogP contribution in [0.15, 0.2) is 46.0 Å². The molecule has 0 bridgehead atoms. The minimum Gasteiger partial charge on any atom is -0.340 e. The van der Waals surface area contributed by atoms with Crippen molar-refractivity contribution in [1.82, 2.24) is 19.4 Å². The van der Waals surface area contributed by atoms with Gasteiger partial charge >= 0.3 is 0 Å². The third-order valence-corrected chi connectivity index (χ3v) is 8.34. The topological polar surface area (TPSA) is 113 Å². The van der Waals surface area contributed by atoms with Crippen LogP contribution in [0.4, 0.5) is 5.13 Å². The summed E-state index contributed by atoms with van der Waals surface area (Å²) in [5.74, 6) is -0.461. The van der Waals surface area contributed by atoms with Crippen molar-refractivity contribution in [2.75, 3.05) is 31.5 Å². The third-order valence-electron chi connectivity index (χ3n) is 4.85. The monoisotopic (exact) mass is 477 g/mol. The van der Waals surface area contributed by atoms with Crippen LogP contribution in [0, 0.1) is 0 Å². The van der Waals surface area contributed by atoms with Gasteiger partial charge in [-0.3, -0.25) is 14.9 Å². The highest BCUT2D eigenvalue weighted by Gasteiger charge is 2.29. The molecule has 31 heavy (non-hydrogen) atoms. The quantitative estimate of drug-likeness (QED) is 0.604. The Bertz CT molecular complexity index is 1180. The van der Waals surface area contributed by atoms with Crippen LogP contribution in [0.3, 0.4) is 0 Å². The molecular formula is C19H19N5O4S3. The Labute approximate surface area is 187 Å². The SMILES string of the molecule is CC(=O)N1CCN(S(=O)(=O)c2ccc(C(=O)Nc3nnc(-c4ccsc4)s3)cc2)CC1. The summed E-state index contributed by atoms with van der Waals surface area (Å²) < 4.78 is 27.1. The van der Waals surface area contributed by atoms with E-state index in [4.69, 9.17) is 0 Å². The number of sulfonamides is 1. The lowest BCUT2D eigenvalue weighted by atomic mass is 10.2. The second-order valence-corrected chi connectivity index (χ2v) is 10.5. The molecule has 12 heteroatoms. The maximum Gasteiger partial charge on any atom is 0.257 e. The van der Waals surface area contributed by atoms with Crippen molar-refractivity contribution in [3.8, 4) is 10.6 Å². The molecule has 1 aliphatic rings. The van der Waals surface area contributed by atoms with E-state index >= 15 is 0 Å². The Morgan fingerprint density at radius 1 is 1.03 bits per heavy atom. The fourth-order valence-electron chi connectivity index (χ4n) is 3.12. The van der Waals surface area contributed by atoms with E-state index in [-0.39, 0.29) is 23.9 Å². The van der Waals surface area contributed by atoms with Crippen LogP contribution in [-0.2, 0) is 14.8 Å². The fraction of sp³-hybridized carbons (Fsp3) is 0.263. The summed E-state index contributed by atoms with van der Waals surface area (Å²) in [6, 6.07) is 7.69. The standard InChI is InChI=1S/C19H19N5O4S3/c1-13(25)23-7-9-24(10-8-23)31(27,28)16-4-2-14(3-5-16)17(26)20-19-22-21-18(30-19)15-6-11-29-12-15/h2-6,11-12H,7-10H2,1H3,(H,20,22,26). The Balaban J connectivity index is 1.42. The van der Waals surface area contributed by atoms with Gasteiger partial charge in [0.1, 0.15) is 5.01 Å². The van der Waals surface area contributed by atoms with Crippen LogP contribution in [0.5, 0.6) is 0 Å². The van der Waals surface area contributed by atoms with E-state index in [1.165, 1.54) is 46.8 Å². The zero-order chi connectivity index (χ0) is 22.0. The number of hydrogen-bond donors (Lipinski definition) is 1. The van der Waals surface area contributed by atoms with Gasteiger partial charge in [-0.25, -0.2) is 8.42 Å². The molecule has 0 atom stereocenters. The predicted octanol–water partition coefficient (Wildman–Crippen LogP) is 2.37. The second-order valence-electron chi connectivity index (χ2n) is 6.81. The van der Waals surface area contributed by atoms with Crippen molar-refractivity contribution >= 4 is 49.6 Å². The lowest BCUT2D eigenvalue weighted by Gasteiger charge is -2.33. The number of carbonyl (C=O) groups is 2. The number of piperazine rings is 1. The van der Waals surface area contributed by atoms with Gasteiger partial charge in [0.15, 0.2) is 0 Å². The van der Waals surface area contributed by atoms with Gasteiger partial charge in [-0.05, 0) is 35.7 Å². The molecule has 0 spiro atoms. The number of carbonyl (C=O) groups excluding carboxylic acids is 2. The first-order chi connectivity index (χ1) is 14.8. The molecule has 162 valence electrons. The molecule has 3 aromatic rings. The van der Waals surface area contributed by atoms with Crippen molar-refractivity contribution < 1.29 is 18.0 Å². The van der Waals surface area contributed by atoms with Crippen molar-refractivity contribution in [3.63, 3.8) is 0 Å². The van der Waals surface area contributed by atoms with Crippen LogP contribution >= 0.6 is 22.7 Å². The Kier molecular flexibility index (Phi) is 6.14. The number of hydrogen-bond acceptors (Lipinski definition) is 8. The number of aromatic nitrogens is 2. The predicted molar refractivity (Wildman–Crippen MR) is 119 cm³/mol. The second kappa shape index (κ2) is 8.83. The van der Waals surface area contributed by atoms with E-state index in [2.05, 4.69) is 15.5 Å². The van der Waals surface area contributed by atoms with E-state index in [0.717, 1.165) is 5.56 Å². The molecule has 2 amide bonds. The van der Waals surface area contributed by atoms with Crippen molar-refractivity contribution in [2.45, 2.75) is 11.8 Å². The number of thiophene rings is 1. The van der Waals surface area contributed by atoms with Gasteiger partial charge in [-0.2, -0.15) is 15.6 Å². The largest absolute Gasteiger partial charge is 0.340 e. The molecule has 0 saturated carbocycles. The average molecular weight is 478 g/mol. The Morgan fingerprint density at radius 3 is 2.35 bits per heavy atom. The van der Waals surface area contributed by atoms with Crippen LogP contribution in [-0.4, -0.2) is 65.8 Å². The molecule has 0 aliphatic carbocycles. The maximum absolute atomic E-state index is 12.9. The normalized spacial score (nSPS) is 15.1. The van der Waals surface area contributed by atoms with E-state index in [1.54, 1.807) is 16.2 Å². The summed E-state index contributed by atoms with van der Waals surface area (Å²) >= 11 is 2.81. The van der Waals surface area contributed by atoms with E-state index in [0.29, 0.717) is 28.8 Å². The minimum absolute atomic E-state index is 0.0646. The van der Waals surface area contributed by atoms with Crippen molar-refractivity contribution in [3.05, 3.63) is 46.7 Å². The first kappa shape index (κ1) is 21.6. The van der Waals surface area contributed by atoms with Gasteiger partial charge in [0.05, 0.1) is 4.90 Å². The highest BCUT2D eigenvalue weighted by atomic mass is 32.2. The lowest BCUT2D eigenvalue weighted by Crippen LogP contribution is -2.49. The molecule has 2 aromatic heterocycles. The number of amides is 2. The molecule has 1 aromatic carbocycles. The number of nitrogens with one attached hydrogen (secondary N) is 1. The van der Waals surface area contributed by atoms with E-state index < -0.39 is 15.9 Å². The molecule has 9 nitrogen and oxygen atoms in total. The van der Waals surface area contributed by atoms with Crippen LogP contribution in [0.2, 0.25) is 0 Å². The Morgan fingerprint density at radius 2 is 1.74 bits per heavy atom. The highest BCUT2D eigenvalue weighted by molar-refractivity contribution is 7.89. The molecule has 1 N–H and O–H groups in total.